The van der Waals surface area contributed by atoms with Gasteiger partial charge in [-0.15, -0.1) is 0 Å². The summed E-state index contributed by atoms with van der Waals surface area (Å²) in [6, 6.07) is 1.51. The second-order valence-electron chi connectivity index (χ2n) is 5.71. The monoisotopic (exact) mass is 314 g/mol. The molecule has 2 N–H and O–H groups in total. The van der Waals surface area contributed by atoms with E-state index in [1.165, 1.54) is 0 Å². The molecule has 1 aromatic heterocycles. The van der Waals surface area contributed by atoms with Gasteiger partial charge in [0.25, 0.3) is 0 Å². The van der Waals surface area contributed by atoms with Crippen LogP contribution in [0.3, 0.4) is 0 Å². The van der Waals surface area contributed by atoms with Crippen molar-refractivity contribution in [2.45, 2.75) is 56.2 Å². The van der Waals surface area contributed by atoms with Crippen molar-refractivity contribution in [2.75, 3.05) is 13.2 Å². The number of sulfonamides is 1. The Hall–Kier alpha value is -0.890. The Balaban J connectivity index is 1.94. The minimum atomic E-state index is -3.55. The Morgan fingerprint density at radius 2 is 2.14 bits per heavy atom. The molecule has 1 aliphatic heterocycles. The van der Waals surface area contributed by atoms with Gasteiger partial charge in [-0.05, 0) is 19.8 Å². The minimum Gasteiger partial charge on any atom is -0.464 e. The fourth-order valence-corrected chi connectivity index (χ4v) is 5.22. The summed E-state index contributed by atoms with van der Waals surface area (Å²) >= 11 is 0. The van der Waals surface area contributed by atoms with Gasteiger partial charge in [-0.2, -0.15) is 4.31 Å². The van der Waals surface area contributed by atoms with Gasteiger partial charge in [-0.3, -0.25) is 0 Å². The van der Waals surface area contributed by atoms with Crippen LogP contribution >= 0.6 is 0 Å². The molecule has 2 fully saturated rings. The lowest BCUT2D eigenvalue weighted by Gasteiger charge is -2.42. The highest BCUT2D eigenvalue weighted by atomic mass is 32.2. The molecule has 0 radical (unpaired) electrons. The first-order valence-corrected chi connectivity index (χ1v) is 8.91. The molecular formula is C14H22N2O4S. The molecule has 0 aromatic carbocycles. The number of rotatable bonds is 3. The van der Waals surface area contributed by atoms with Crippen molar-refractivity contribution in [3.8, 4) is 0 Å². The van der Waals surface area contributed by atoms with Crippen molar-refractivity contribution in [1.82, 2.24) is 4.31 Å². The molecule has 1 saturated carbocycles. The van der Waals surface area contributed by atoms with Crippen molar-refractivity contribution in [2.24, 2.45) is 5.73 Å². The lowest BCUT2D eigenvalue weighted by atomic mass is 9.91. The highest BCUT2D eigenvalue weighted by Gasteiger charge is 2.41. The molecule has 2 atom stereocenters. The number of aryl methyl sites for hydroxylation is 1. The van der Waals surface area contributed by atoms with Crippen LogP contribution in [0.4, 0.5) is 0 Å². The predicted molar refractivity (Wildman–Crippen MR) is 77.2 cm³/mol. The van der Waals surface area contributed by atoms with Crippen molar-refractivity contribution in [3.63, 3.8) is 0 Å². The Kier molecular flexibility index (Phi) is 4.09. The maximum absolute atomic E-state index is 13.0. The number of nitrogens with two attached hydrogens (primary N) is 1. The molecule has 0 bridgehead atoms. The molecule has 2 aliphatic rings. The summed E-state index contributed by atoms with van der Waals surface area (Å²) in [6.07, 6.45) is 3.99. The van der Waals surface area contributed by atoms with Crippen LogP contribution in [0.1, 0.15) is 37.2 Å². The van der Waals surface area contributed by atoms with Crippen LogP contribution in [0.25, 0.3) is 0 Å². The van der Waals surface area contributed by atoms with E-state index >= 15 is 0 Å². The van der Waals surface area contributed by atoms with E-state index < -0.39 is 10.0 Å². The Morgan fingerprint density at radius 3 is 2.86 bits per heavy atom. The van der Waals surface area contributed by atoms with Gasteiger partial charge in [-0.1, -0.05) is 12.8 Å². The number of fused-ring (bicyclic) bond motifs is 1. The lowest BCUT2D eigenvalue weighted by Crippen LogP contribution is -2.54. The van der Waals surface area contributed by atoms with E-state index in [2.05, 4.69) is 0 Å². The highest BCUT2D eigenvalue weighted by Crippen LogP contribution is 2.33. The molecular weight excluding hydrogens is 292 g/mol. The van der Waals surface area contributed by atoms with E-state index in [9.17, 15) is 8.42 Å². The summed E-state index contributed by atoms with van der Waals surface area (Å²) in [4.78, 5) is 0.245. The van der Waals surface area contributed by atoms with Gasteiger partial charge in [0.2, 0.25) is 10.0 Å². The summed E-state index contributed by atoms with van der Waals surface area (Å²) in [6.45, 7) is 2.74. The number of hydrogen-bond donors (Lipinski definition) is 1. The van der Waals surface area contributed by atoms with Gasteiger partial charge in [0.15, 0.2) is 0 Å². The normalized spacial score (nSPS) is 27.5. The maximum Gasteiger partial charge on any atom is 0.246 e. The third-order valence-corrected chi connectivity index (χ3v) is 6.42. The summed E-state index contributed by atoms with van der Waals surface area (Å²) in [5.74, 6) is 0.911. The molecule has 1 aliphatic carbocycles. The van der Waals surface area contributed by atoms with E-state index in [0.717, 1.165) is 25.7 Å². The van der Waals surface area contributed by atoms with Gasteiger partial charge >= 0.3 is 0 Å². The highest BCUT2D eigenvalue weighted by molar-refractivity contribution is 7.89. The van der Waals surface area contributed by atoms with E-state index in [-0.39, 0.29) is 23.6 Å². The molecule has 3 rings (SSSR count). The standard InChI is InChI=1S/C14H22N2O4S/c1-10-14(8-11(9-15)20-10)21(17,18)16-6-7-19-13-5-3-2-4-12(13)16/h8,12-13H,2-7,9,15H2,1H3. The second kappa shape index (κ2) is 5.72. The Labute approximate surface area is 125 Å². The maximum atomic E-state index is 13.0. The van der Waals surface area contributed by atoms with Crippen molar-refractivity contribution in [1.29, 1.82) is 0 Å². The molecule has 21 heavy (non-hydrogen) atoms. The third-order valence-electron chi connectivity index (χ3n) is 4.39. The largest absolute Gasteiger partial charge is 0.464 e. The zero-order chi connectivity index (χ0) is 15.0. The summed E-state index contributed by atoms with van der Waals surface area (Å²) in [7, 11) is -3.55. The second-order valence-corrected chi connectivity index (χ2v) is 7.57. The molecule has 1 saturated heterocycles. The van der Waals surface area contributed by atoms with Crippen molar-refractivity contribution >= 4 is 10.0 Å². The summed E-state index contributed by atoms with van der Waals surface area (Å²) < 4.78 is 38.7. The molecule has 0 amide bonds. The zero-order valence-corrected chi connectivity index (χ0v) is 13.1. The van der Waals surface area contributed by atoms with E-state index in [4.69, 9.17) is 14.9 Å². The molecule has 0 spiro atoms. The average molecular weight is 314 g/mol. The van der Waals surface area contributed by atoms with Crippen LogP contribution in [0.15, 0.2) is 15.4 Å². The number of nitrogens with zero attached hydrogens (tertiary/aromatic N) is 1. The lowest BCUT2D eigenvalue weighted by molar-refractivity contribution is -0.0586. The molecule has 7 heteroatoms. The third kappa shape index (κ3) is 2.63. The molecule has 118 valence electrons. The van der Waals surface area contributed by atoms with E-state index in [0.29, 0.717) is 24.7 Å². The summed E-state index contributed by atoms with van der Waals surface area (Å²) in [5, 5.41) is 0. The summed E-state index contributed by atoms with van der Waals surface area (Å²) in [5.41, 5.74) is 5.54. The molecule has 2 heterocycles. The van der Waals surface area contributed by atoms with Crippen LogP contribution in [0.2, 0.25) is 0 Å². The number of furan rings is 1. The van der Waals surface area contributed by atoms with Crippen LogP contribution in [-0.2, 0) is 21.3 Å². The number of ether oxygens (including phenoxy) is 1. The van der Waals surface area contributed by atoms with Crippen LogP contribution in [-0.4, -0.2) is 38.0 Å². The average Bonchev–Trinajstić information content (AvgIpc) is 2.88. The van der Waals surface area contributed by atoms with Gasteiger partial charge in [-0.25, -0.2) is 8.42 Å². The first-order chi connectivity index (χ1) is 10.0. The predicted octanol–water partition coefficient (Wildman–Crippen LogP) is 1.38. The fraction of sp³-hybridized carbons (Fsp3) is 0.714. The van der Waals surface area contributed by atoms with Crippen molar-refractivity contribution < 1.29 is 17.6 Å². The minimum absolute atomic E-state index is 0.0310. The van der Waals surface area contributed by atoms with Gasteiger partial charge in [0.1, 0.15) is 16.4 Å². The van der Waals surface area contributed by atoms with Gasteiger partial charge in [0.05, 0.1) is 25.3 Å². The van der Waals surface area contributed by atoms with Crippen LogP contribution in [0.5, 0.6) is 0 Å². The van der Waals surface area contributed by atoms with Crippen LogP contribution in [0, 0.1) is 6.92 Å². The Bertz CT molecular complexity index is 608. The van der Waals surface area contributed by atoms with Gasteiger partial charge in [0, 0.05) is 12.6 Å². The molecule has 1 aromatic rings. The SMILES string of the molecule is Cc1oc(CN)cc1S(=O)(=O)N1CCOC2CCCCC21. The van der Waals surface area contributed by atoms with Crippen LogP contribution < -0.4 is 5.73 Å². The fourth-order valence-electron chi connectivity index (χ4n) is 3.37. The topological polar surface area (TPSA) is 85.8 Å². The number of morpholine rings is 1. The first-order valence-electron chi connectivity index (χ1n) is 7.47. The quantitative estimate of drug-likeness (QED) is 0.911. The first kappa shape index (κ1) is 15.0. The van der Waals surface area contributed by atoms with E-state index in [1.54, 1.807) is 17.3 Å². The van der Waals surface area contributed by atoms with Crippen molar-refractivity contribution in [3.05, 3.63) is 17.6 Å². The molecule has 6 nitrogen and oxygen atoms in total. The van der Waals surface area contributed by atoms with E-state index in [1.807, 2.05) is 0 Å². The zero-order valence-electron chi connectivity index (χ0n) is 12.2. The smallest absolute Gasteiger partial charge is 0.246 e. The van der Waals surface area contributed by atoms with Gasteiger partial charge < -0.3 is 14.9 Å². The Morgan fingerprint density at radius 1 is 1.38 bits per heavy atom. The molecule has 2 unspecified atom stereocenters. The number of hydrogen-bond acceptors (Lipinski definition) is 5.